The van der Waals surface area contributed by atoms with E-state index < -0.39 is 0 Å². The molecule has 3 heteroatoms. The van der Waals surface area contributed by atoms with Crippen LogP contribution in [0.4, 0.5) is 0 Å². The Kier molecular flexibility index (Phi) is 4.25. The number of hydrogen-bond donors (Lipinski definition) is 1. The number of rotatable bonds is 6. The van der Waals surface area contributed by atoms with Crippen LogP contribution in [0.1, 0.15) is 26.3 Å². The monoisotopic (exact) mass is 249 g/mol. The van der Waals surface area contributed by atoms with Crippen molar-refractivity contribution < 1.29 is 9.47 Å². The van der Waals surface area contributed by atoms with Gasteiger partial charge in [-0.1, -0.05) is 19.1 Å². The summed E-state index contributed by atoms with van der Waals surface area (Å²) in [6.07, 6.45) is 0.222. The second-order valence-corrected chi connectivity index (χ2v) is 5.72. The maximum absolute atomic E-state index is 5.69. The average molecular weight is 249 g/mol. The van der Waals surface area contributed by atoms with E-state index in [0.29, 0.717) is 5.41 Å². The fourth-order valence-corrected chi connectivity index (χ4v) is 2.06. The van der Waals surface area contributed by atoms with E-state index in [0.717, 1.165) is 32.1 Å². The third-order valence-corrected chi connectivity index (χ3v) is 3.05. The van der Waals surface area contributed by atoms with Crippen molar-refractivity contribution in [3.05, 3.63) is 29.8 Å². The molecule has 1 aromatic rings. The molecule has 1 fully saturated rings. The minimum atomic E-state index is 0.222. The molecule has 18 heavy (non-hydrogen) atoms. The van der Waals surface area contributed by atoms with E-state index in [1.165, 1.54) is 5.56 Å². The lowest BCUT2D eigenvalue weighted by Crippen LogP contribution is -2.47. The van der Waals surface area contributed by atoms with Crippen molar-refractivity contribution in [2.24, 2.45) is 5.41 Å². The predicted molar refractivity (Wildman–Crippen MR) is 72.8 cm³/mol. The third-order valence-electron chi connectivity index (χ3n) is 3.05. The highest BCUT2D eigenvalue weighted by atomic mass is 16.5. The molecule has 1 saturated heterocycles. The van der Waals surface area contributed by atoms with Crippen LogP contribution >= 0.6 is 0 Å². The SMILES string of the molecule is CC(C)Oc1cccc(CNCC2(C)COC2)c1. The van der Waals surface area contributed by atoms with Gasteiger partial charge >= 0.3 is 0 Å². The summed E-state index contributed by atoms with van der Waals surface area (Å²) < 4.78 is 10.9. The van der Waals surface area contributed by atoms with Crippen molar-refractivity contribution in [1.82, 2.24) is 5.32 Å². The number of nitrogens with one attached hydrogen (secondary N) is 1. The molecule has 1 aliphatic rings. The van der Waals surface area contributed by atoms with Crippen LogP contribution < -0.4 is 10.1 Å². The first-order chi connectivity index (χ1) is 8.57. The molecular formula is C15H23NO2. The second kappa shape index (κ2) is 5.72. The van der Waals surface area contributed by atoms with Crippen LogP contribution in [0.15, 0.2) is 24.3 Å². The summed E-state index contributed by atoms with van der Waals surface area (Å²) >= 11 is 0. The summed E-state index contributed by atoms with van der Waals surface area (Å²) in [7, 11) is 0. The zero-order chi connectivity index (χ0) is 13.0. The minimum Gasteiger partial charge on any atom is -0.491 e. The number of ether oxygens (including phenoxy) is 2. The van der Waals surface area contributed by atoms with Crippen molar-refractivity contribution >= 4 is 0 Å². The molecule has 1 aromatic carbocycles. The molecular weight excluding hydrogens is 226 g/mol. The molecule has 1 N–H and O–H groups in total. The summed E-state index contributed by atoms with van der Waals surface area (Å²) in [6.45, 7) is 9.96. The standard InChI is InChI=1S/C15H23NO2/c1-12(2)18-14-6-4-5-13(7-14)8-16-9-15(3)10-17-11-15/h4-7,12,16H,8-11H2,1-3H3. The highest BCUT2D eigenvalue weighted by Crippen LogP contribution is 2.25. The van der Waals surface area contributed by atoms with Gasteiger partial charge < -0.3 is 14.8 Å². The van der Waals surface area contributed by atoms with Crippen LogP contribution in [0.25, 0.3) is 0 Å². The van der Waals surface area contributed by atoms with E-state index >= 15 is 0 Å². The molecule has 0 unspecified atom stereocenters. The lowest BCUT2D eigenvalue weighted by molar-refractivity contribution is -0.0991. The molecule has 1 heterocycles. The largest absolute Gasteiger partial charge is 0.491 e. The van der Waals surface area contributed by atoms with Crippen molar-refractivity contribution in [2.75, 3.05) is 19.8 Å². The summed E-state index contributed by atoms with van der Waals surface area (Å²) in [4.78, 5) is 0. The Labute approximate surface area is 109 Å². The Balaban J connectivity index is 1.81. The molecule has 0 amide bonds. The van der Waals surface area contributed by atoms with Gasteiger partial charge in [0.05, 0.1) is 19.3 Å². The Morgan fingerprint density at radius 2 is 2.17 bits per heavy atom. The molecule has 2 rings (SSSR count). The van der Waals surface area contributed by atoms with Crippen molar-refractivity contribution in [2.45, 2.75) is 33.4 Å². The van der Waals surface area contributed by atoms with Gasteiger partial charge in [-0.25, -0.2) is 0 Å². The molecule has 0 bridgehead atoms. The summed E-state index contributed by atoms with van der Waals surface area (Å²) in [5, 5.41) is 3.49. The first-order valence-corrected chi connectivity index (χ1v) is 6.61. The fourth-order valence-electron chi connectivity index (χ4n) is 2.06. The molecule has 0 saturated carbocycles. The molecule has 3 nitrogen and oxygen atoms in total. The first kappa shape index (κ1) is 13.4. The Morgan fingerprint density at radius 1 is 1.39 bits per heavy atom. The molecule has 0 aromatic heterocycles. The van der Waals surface area contributed by atoms with Gasteiger partial charge in [0.1, 0.15) is 5.75 Å². The van der Waals surface area contributed by atoms with Crippen LogP contribution in [0.2, 0.25) is 0 Å². The Morgan fingerprint density at radius 3 is 2.78 bits per heavy atom. The predicted octanol–water partition coefficient (Wildman–Crippen LogP) is 2.60. The van der Waals surface area contributed by atoms with Gasteiger partial charge in [0.2, 0.25) is 0 Å². The van der Waals surface area contributed by atoms with Crippen molar-refractivity contribution in [1.29, 1.82) is 0 Å². The van der Waals surface area contributed by atoms with E-state index in [4.69, 9.17) is 9.47 Å². The highest BCUT2D eigenvalue weighted by molar-refractivity contribution is 5.28. The minimum absolute atomic E-state index is 0.222. The molecule has 0 spiro atoms. The van der Waals surface area contributed by atoms with Gasteiger partial charge in [-0.05, 0) is 31.5 Å². The van der Waals surface area contributed by atoms with Gasteiger partial charge in [-0.3, -0.25) is 0 Å². The van der Waals surface area contributed by atoms with Crippen molar-refractivity contribution in [3.63, 3.8) is 0 Å². The van der Waals surface area contributed by atoms with E-state index in [1.54, 1.807) is 0 Å². The Hall–Kier alpha value is -1.06. The van der Waals surface area contributed by atoms with E-state index in [2.05, 4.69) is 24.4 Å². The maximum Gasteiger partial charge on any atom is 0.120 e. The van der Waals surface area contributed by atoms with Crippen molar-refractivity contribution in [3.8, 4) is 5.75 Å². The van der Waals surface area contributed by atoms with E-state index in [9.17, 15) is 0 Å². The van der Waals surface area contributed by atoms with E-state index in [1.807, 2.05) is 26.0 Å². The number of benzene rings is 1. The van der Waals surface area contributed by atoms with Gasteiger partial charge in [0.25, 0.3) is 0 Å². The normalized spacial score (nSPS) is 17.6. The number of hydrogen-bond acceptors (Lipinski definition) is 3. The zero-order valence-electron chi connectivity index (χ0n) is 11.5. The van der Waals surface area contributed by atoms with Crippen LogP contribution in [0.5, 0.6) is 5.75 Å². The van der Waals surface area contributed by atoms with Crippen LogP contribution in [0, 0.1) is 5.41 Å². The van der Waals surface area contributed by atoms with E-state index in [-0.39, 0.29) is 6.10 Å². The van der Waals surface area contributed by atoms with Gasteiger partial charge in [-0.15, -0.1) is 0 Å². The zero-order valence-corrected chi connectivity index (χ0v) is 11.5. The van der Waals surface area contributed by atoms with Gasteiger partial charge in [0.15, 0.2) is 0 Å². The van der Waals surface area contributed by atoms with Gasteiger partial charge in [-0.2, -0.15) is 0 Å². The smallest absolute Gasteiger partial charge is 0.120 e. The molecule has 0 atom stereocenters. The van der Waals surface area contributed by atoms with Crippen LogP contribution in [-0.2, 0) is 11.3 Å². The maximum atomic E-state index is 5.69. The summed E-state index contributed by atoms with van der Waals surface area (Å²) in [6, 6.07) is 8.28. The topological polar surface area (TPSA) is 30.5 Å². The Bertz CT molecular complexity index is 386. The second-order valence-electron chi connectivity index (χ2n) is 5.72. The summed E-state index contributed by atoms with van der Waals surface area (Å²) in [5.74, 6) is 0.947. The first-order valence-electron chi connectivity index (χ1n) is 6.61. The lowest BCUT2D eigenvalue weighted by Gasteiger charge is -2.38. The van der Waals surface area contributed by atoms with Crippen LogP contribution in [-0.4, -0.2) is 25.9 Å². The lowest BCUT2D eigenvalue weighted by atomic mass is 9.89. The summed E-state index contributed by atoms with van der Waals surface area (Å²) in [5.41, 5.74) is 1.59. The highest BCUT2D eigenvalue weighted by Gasteiger charge is 2.32. The van der Waals surface area contributed by atoms with Gasteiger partial charge in [0, 0.05) is 18.5 Å². The molecule has 1 aliphatic heterocycles. The molecule has 0 radical (unpaired) electrons. The fraction of sp³-hybridized carbons (Fsp3) is 0.600. The average Bonchev–Trinajstić information content (AvgIpc) is 2.26. The van der Waals surface area contributed by atoms with Crippen LogP contribution in [0.3, 0.4) is 0 Å². The quantitative estimate of drug-likeness (QED) is 0.840. The third kappa shape index (κ3) is 3.72. The molecule has 0 aliphatic carbocycles. The molecule has 100 valence electrons.